The summed E-state index contributed by atoms with van der Waals surface area (Å²) >= 11 is 0. The van der Waals surface area contributed by atoms with Gasteiger partial charge in [-0.15, -0.1) is 0 Å². The van der Waals surface area contributed by atoms with Crippen molar-refractivity contribution in [2.24, 2.45) is 0 Å². The van der Waals surface area contributed by atoms with Crippen molar-refractivity contribution < 1.29 is 88.6 Å². The molecule has 0 saturated carbocycles. The Labute approximate surface area is 325 Å². The van der Waals surface area contributed by atoms with E-state index >= 15 is 0 Å². The molecule has 3 aromatic rings. The Morgan fingerprint density at radius 1 is 0.772 bits per heavy atom. The molecule has 314 valence electrons. The molecule has 14 atom stereocenters. The van der Waals surface area contributed by atoms with E-state index in [9.17, 15) is 55.9 Å². The highest BCUT2D eigenvalue weighted by molar-refractivity contribution is 5.91. The number of hydrogen-bond acceptors (Lipinski definition) is 19. The third-order valence-electron chi connectivity index (χ3n) is 10.1. The van der Waals surface area contributed by atoms with Crippen LogP contribution in [0.2, 0.25) is 0 Å². The molecular weight excluding hydrogens is 760 g/mol. The summed E-state index contributed by atoms with van der Waals surface area (Å²) in [4.78, 5) is 14.7. The molecule has 3 saturated heterocycles. The molecule has 57 heavy (non-hydrogen) atoms. The van der Waals surface area contributed by atoms with Crippen LogP contribution in [0.15, 0.2) is 51.2 Å². The largest absolute Gasteiger partial charge is 0.507 e. The maximum atomic E-state index is 14.7. The van der Waals surface area contributed by atoms with Gasteiger partial charge >= 0.3 is 0 Å². The van der Waals surface area contributed by atoms with Crippen molar-refractivity contribution in [2.45, 2.75) is 113 Å². The molecule has 3 fully saturated rings. The summed E-state index contributed by atoms with van der Waals surface area (Å²) in [6.07, 6.45) is -20.5. The third kappa shape index (κ3) is 8.35. The monoisotopic (exact) mass is 808 g/mol. The van der Waals surface area contributed by atoms with Crippen LogP contribution in [0.1, 0.15) is 26.3 Å². The van der Waals surface area contributed by atoms with Crippen molar-refractivity contribution in [2.75, 3.05) is 20.3 Å². The van der Waals surface area contributed by atoms with Gasteiger partial charge in [-0.2, -0.15) is 0 Å². The van der Waals surface area contributed by atoms with Gasteiger partial charge in [-0.1, -0.05) is 11.6 Å². The minimum Gasteiger partial charge on any atom is -0.507 e. The Balaban J connectivity index is 1.50. The van der Waals surface area contributed by atoms with E-state index in [0.29, 0.717) is 5.75 Å². The first kappa shape index (κ1) is 42.7. The van der Waals surface area contributed by atoms with Crippen LogP contribution in [0.4, 0.5) is 0 Å². The number of hydrogen-bond donors (Lipinski definition) is 10. The van der Waals surface area contributed by atoms with Gasteiger partial charge in [0.2, 0.25) is 23.8 Å². The topological polar surface area (TPSA) is 297 Å². The molecule has 2 aromatic carbocycles. The number of allylic oxidation sites excluding steroid dienone is 2. The predicted octanol–water partition coefficient (Wildman–Crippen LogP) is -1.47. The molecule has 19 nitrogen and oxygen atoms in total. The lowest BCUT2D eigenvalue weighted by atomic mass is 9.99. The number of phenolic OH excluding ortho intramolecular Hbond substituents is 1. The van der Waals surface area contributed by atoms with Crippen molar-refractivity contribution in [3.05, 3.63) is 57.8 Å². The standard InChI is InChI=1S/C38H48O19/c1-14(2)5-10-18-20(52-36-31(49)28(46)25(43)21(12-39)53-36)11-19(41)23-27(45)34(32(55-33(18)23)16-6-8-17(50-4)9-7-16)56-38-35(29(47)24(42)15(3)51-38)57-37-30(48)26(44)22(13-40)54-37/h5-9,11,15,21-22,24-26,28-31,35-44,46-49H,10,12-13H2,1-4H3. The highest BCUT2D eigenvalue weighted by Gasteiger charge is 2.51. The minimum atomic E-state index is -1.81. The normalized spacial score (nSPS) is 34.3. The Morgan fingerprint density at radius 2 is 1.39 bits per heavy atom. The molecule has 3 aliphatic heterocycles. The zero-order chi connectivity index (χ0) is 41.5. The lowest BCUT2D eigenvalue weighted by molar-refractivity contribution is -0.315. The molecule has 0 bridgehead atoms. The van der Waals surface area contributed by atoms with E-state index in [0.717, 1.165) is 11.6 Å². The van der Waals surface area contributed by atoms with Gasteiger partial charge in [-0.25, -0.2) is 0 Å². The predicted molar refractivity (Wildman–Crippen MR) is 193 cm³/mol. The van der Waals surface area contributed by atoms with Crippen LogP contribution >= 0.6 is 0 Å². The minimum absolute atomic E-state index is 0.0186. The van der Waals surface area contributed by atoms with E-state index in [1.807, 2.05) is 0 Å². The van der Waals surface area contributed by atoms with Gasteiger partial charge in [0.05, 0.1) is 26.4 Å². The van der Waals surface area contributed by atoms with E-state index in [-0.39, 0.29) is 34.6 Å². The van der Waals surface area contributed by atoms with Crippen molar-refractivity contribution in [3.63, 3.8) is 0 Å². The smallest absolute Gasteiger partial charge is 0.239 e. The number of phenols is 1. The van der Waals surface area contributed by atoms with Gasteiger partial charge in [0.25, 0.3) is 0 Å². The average Bonchev–Trinajstić information content (AvgIpc) is 3.46. The Morgan fingerprint density at radius 3 is 2.00 bits per heavy atom. The summed E-state index contributed by atoms with van der Waals surface area (Å²) in [6.45, 7) is 3.62. The number of benzene rings is 2. The fraction of sp³-hybridized carbons (Fsp3) is 0.553. The summed E-state index contributed by atoms with van der Waals surface area (Å²) in [7, 11) is 1.45. The van der Waals surface area contributed by atoms with Gasteiger partial charge < -0.3 is 88.6 Å². The lowest BCUT2D eigenvalue weighted by Crippen LogP contribution is -2.60. The summed E-state index contributed by atoms with van der Waals surface area (Å²) in [5.74, 6) is -1.21. The number of ether oxygens (including phenoxy) is 7. The average molecular weight is 809 g/mol. The molecule has 3 aliphatic rings. The van der Waals surface area contributed by atoms with Crippen molar-refractivity contribution >= 4 is 11.0 Å². The van der Waals surface area contributed by atoms with Crippen LogP contribution in [-0.2, 0) is 25.4 Å². The maximum Gasteiger partial charge on any atom is 0.239 e. The van der Waals surface area contributed by atoms with E-state index in [1.165, 1.54) is 26.2 Å². The molecule has 6 rings (SSSR count). The second-order valence-corrected chi connectivity index (χ2v) is 14.3. The molecule has 0 spiro atoms. The van der Waals surface area contributed by atoms with Crippen LogP contribution in [0.25, 0.3) is 22.3 Å². The first-order valence-electron chi connectivity index (χ1n) is 18.2. The molecule has 0 amide bonds. The number of aliphatic hydroxyl groups excluding tert-OH is 9. The summed E-state index contributed by atoms with van der Waals surface area (Å²) in [5.41, 5.74) is 0.0650. The van der Waals surface area contributed by atoms with Gasteiger partial charge in [-0.05, 0) is 51.5 Å². The second kappa shape index (κ2) is 17.5. The van der Waals surface area contributed by atoms with Gasteiger partial charge in [0, 0.05) is 17.2 Å². The number of fused-ring (bicyclic) bond motifs is 1. The van der Waals surface area contributed by atoms with Crippen LogP contribution in [0.3, 0.4) is 0 Å². The van der Waals surface area contributed by atoms with Crippen LogP contribution < -0.4 is 19.6 Å². The van der Waals surface area contributed by atoms with E-state index in [1.54, 1.807) is 32.1 Å². The van der Waals surface area contributed by atoms with Gasteiger partial charge in [0.15, 0.2) is 18.2 Å². The molecule has 0 aliphatic carbocycles. The van der Waals surface area contributed by atoms with Crippen LogP contribution in [0.5, 0.6) is 23.0 Å². The molecule has 19 heteroatoms. The zero-order valence-corrected chi connectivity index (χ0v) is 31.3. The Kier molecular flexibility index (Phi) is 13.1. The number of aromatic hydroxyl groups is 1. The SMILES string of the molecule is COc1ccc(-c2oc3c(CC=C(C)C)c(OC4OC(CO)C(O)C(O)C4O)cc(O)c3c(=O)c2OC2OC(C)C(O)C(O)C2OC2OC(CO)C(O)C2O)cc1. The Hall–Kier alpha value is -3.93. The second-order valence-electron chi connectivity index (χ2n) is 14.3. The summed E-state index contributed by atoms with van der Waals surface area (Å²) < 4.78 is 46.6. The lowest BCUT2D eigenvalue weighted by Gasteiger charge is -2.42. The maximum absolute atomic E-state index is 14.7. The molecule has 0 radical (unpaired) electrons. The van der Waals surface area contributed by atoms with E-state index < -0.39 is 122 Å². The molecular formula is C38H48O19. The zero-order valence-electron chi connectivity index (χ0n) is 31.3. The van der Waals surface area contributed by atoms with Gasteiger partial charge in [-0.3, -0.25) is 4.79 Å². The first-order chi connectivity index (χ1) is 27.1. The molecule has 14 unspecified atom stereocenters. The summed E-state index contributed by atoms with van der Waals surface area (Å²) in [5, 5.41) is 105. The van der Waals surface area contributed by atoms with Crippen LogP contribution in [-0.4, -0.2) is 157 Å². The van der Waals surface area contributed by atoms with Crippen molar-refractivity contribution in [1.29, 1.82) is 0 Å². The number of methoxy groups -OCH3 is 1. The fourth-order valence-corrected chi connectivity index (χ4v) is 6.78. The van der Waals surface area contributed by atoms with Crippen molar-refractivity contribution in [1.82, 2.24) is 0 Å². The summed E-state index contributed by atoms with van der Waals surface area (Å²) in [6, 6.07) is 7.26. The fourth-order valence-electron chi connectivity index (χ4n) is 6.78. The molecule has 1 aromatic heterocycles. The van der Waals surface area contributed by atoms with Crippen LogP contribution in [0, 0.1) is 0 Å². The first-order valence-corrected chi connectivity index (χ1v) is 18.2. The highest BCUT2D eigenvalue weighted by Crippen LogP contribution is 2.42. The Bertz CT molecular complexity index is 1940. The number of aliphatic hydroxyl groups is 9. The third-order valence-corrected chi connectivity index (χ3v) is 10.1. The van der Waals surface area contributed by atoms with Gasteiger partial charge in [0.1, 0.15) is 83.2 Å². The number of rotatable bonds is 12. The van der Waals surface area contributed by atoms with Crippen molar-refractivity contribution in [3.8, 4) is 34.3 Å². The molecule has 4 heterocycles. The highest BCUT2D eigenvalue weighted by atomic mass is 16.8. The molecule has 10 N–H and O–H groups in total. The van der Waals surface area contributed by atoms with E-state index in [2.05, 4.69) is 0 Å². The van der Waals surface area contributed by atoms with E-state index in [4.69, 9.17) is 37.6 Å². The quantitative estimate of drug-likeness (QED) is 0.0935.